The molecule has 0 spiro atoms. The Balaban J connectivity index is 2.61. The Morgan fingerprint density at radius 3 is 2.65 bits per heavy atom. The third-order valence-electron chi connectivity index (χ3n) is 3.52. The van der Waals surface area contributed by atoms with E-state index < -0.39 is 0 Å². The number of hydrogen-bond donors (Lipinski definition) is 0. The van der Waals surface area contributed by atoms with E-state index in [-0.39, 0.29) is 5.91 Å². The molecule has 1 aliphatic rings. The molecule has 0 bridgehead atoms. The van der Waals surface area contributed by atoms with E-state index in [0.717, 1.165) is 31.5 Å². The number of aryl methyl sites for hydroxylation is 1. The van der Waals surface area contributed by atoms with E-state index in [1.165, 1.54) is 21.2 Å². The van der Waals surface area contributed by atoms with Gasteiger partial charge < -0.3 is 4.90 Å². The molecule has 0 fully saturated rings. The number of benzene rings is 1. The summed E-state index contributed by atoms with van der Waals surface area (Å²) in [6.45, 7) is 6.81. The smallest absolute Gasteiger partial charge is 0.223 e. The number of carbonyl (C=O) groups excluding carboxylic acids is 1. The third-order valence-corrected chi connectivity index (χ3v) is 4.51. The Kier molecular flexibility index (Phi) is 3.57. The lowest BCUT2D eigenvalue weighted by Gasteiger charge is -2.18. The molecule has 0 aromatic heterocycles. The largest absolute Gasteiger partial charge is 0.312 e. The molecule has 0 atom stereocenters. The highest BCUT2D eigenvalue weighted by Gasteiger charge is 2.26. The molecule has 0 aliphatic carbocycles. The first-order valence-corrected chi connectivity index (χ1v) is 7.00. The summed E-state index contributed by atoms with van der Waals surface area (Å²) < 4.78 is 1.24. The highest BCUT2D eigenvalue weighted by Crippen LogP contribution is 2.38. The molecular formula is C14H18BrNO. The van der Waals surface area contributed by atoms with Crippen molar-refractivity contribution in [1.29, 1.82) is 0 Å². The van der Waals surface area contributed by atoms with E-state index >= 15 is 0 Å². The highest BCUT2D eigenvalue weighted by atomic mass is 79.9. The first-order chi connectivity index (χ1) is 8.10. The van der Waals surface area contributed by atoms with Crippen LogP contribution in [0.15, 0.2) is 10.5 Å². The zero-order valence-corrected chi connectivity index (χ0v) is 12.2. The summed E-state index contributed by atoms with van der Waals surface area (Å²) in [6, 6.07) is 2.17. The zero-order chi connectivity index (χ0) is 12.6. The van der Waals surface area contributed by atoms with Crippen molar-refractivity contribution in [2.24, 2.45) is 0 Å². The van der Waals surface area contributed by atoms with Gasteiger partial charge in [-0.3, -0.25) is 4.79 Å². The van der Waals surface area contributed by atoms with E-state index in [9.17, 15) is 4.79 Å². The average molecular weight is 296 g/mol. The first-order valence-electron chi connectivity index (χ1n) is 6.21. The predicted octanol–water partition coefficient (Wildman–Crippen LogP) is 3.48. The van der Waals surface area contributed by atoms with Crippen molar-refractivity contribution >= 4 is 27.5 Å². The molecule has 1 amide bonds. The van der Waals surface area contributed by atoms with Gasteiger partial charge in [-0.05, 0) is 42.0 Å². The minimum atomic E-state index is 0.148. The number of nitrogens with zero attached hydrogens (tertiary/aromatic N) is 1. The minimum absolute atomic E-state index is 0.148. The Morgan fingerprint density at radius 1 is 1.41 bits per heavy atom. The number of fused-ring (bicyclic) bond motifs is 1. The molecule has 0 N–H and O–H groups in total. The molecule has 1 heterocycles. The Labute approximate surface area is 111 Å². The minimum Gasteiger partial charge on any atom is -0.312 e. The fraction of sp³-hybridized carbons (Fsp3) is 0.500. The number of rotatable bonds is 2. The van der Waals surface area contributed by atoms with Crippen molar-refractivity contribution in [3.8, 4) is 0 Å². The number of hydrogen-bond acceptors (Lipinski definition) is 1. The van der Waals surface area contributed by atoms with Crippen molar-refractivity contribution < 1.29 is 4.79 Å². The lowest BCUT2D eigenvalue weighted by molar-refractivity contribution is -0.116. The maximum atomic E-state index is 11.6. The van der Waals surface area contributed by atoms with Gasteiger partial charge in [-0.25, -0.2) is 0 Å². The van der Waals surface area contributed by atoms with Gasteiger partial charge >= 0.3 is 0 Å². The number of anilines is 1. The molecule has 2 rings (SSSR count). The summed E-state index contributed by atoms with van der Waals surface area (Å²) in [5.74, 6) is 0.148. The number of halogens is 1. The molecule has 0 saturated carbocycles. The van der Waals surface area contributed by atoms with Gasteiger partial charge in [0, 0.05) is 23.6 Å². The van der Waals surface area contributed by atoms with Crippen LogP contribution in [0, 0.1) is 0 Å². The second-order valence-corrected chi connectivity index (χ2v) is 5.25. The summed E-state index contributed by atoms with van der Waals surface area (Å²) in [6.07, 6.45) is 3.00. The summed E-state index contributed by atoms with van der Waals surface area (Å²) in [4.78, 5) is 13.5. The van der Waals surface area contributed by atoms with Crippen LogP contribution >= 0.6 is 15.9 Å². The van der Waals surface area contributed by atoms with Crippen LogP contribution in [0.3, 0.4) is 0 Å². The van der Waals surface area contributed by atoms with Gasteiger partial charge in [0.2, 0.25) is 5.91 Å². The first kappa shape index (κ1) is 12.6. The van der Waals surface area contributed by atoms with E-state index in [2.05, 4.69) is 35.8 Å². The van der Waals surface area contributed by atoms with Crippen LogP contribution in [0.1, 0.15) is 37.5 Å². The van der Waals surface area contributed by atoms with Gasteiger partial charge in [-0.1, -0.05) is 29.8 Å². The van der Waals surface area contributed by atoms with Gasteiger partial charge in [0.15, 0.2) is 0 Å². The summed E-state index contributed by atoms with van der Waals surface area (Å²) >= 11 is 3.71. The van der Waals surface area contributed by atoms with E-state index in [1.807, 2.05) is 4.90 Å². The molecule has 17 heavy (non-hydrogen) atoms. The average Bonchev–Trinajstić information content (AvgIpc) is 2.71. The number of carbonyl (C=O) groups is 1. The van der Waals surface area contributed by atoms with Crippen molar-refractivity contribution in [3.05, 3.63) is 27.2 Å². The summed E-state index contributed by atoms with van der Waals surface area (Å²) in [5, 5.41) is 0. The van der Waals surface area contributed by atoms with Gasteiger partial charge in [-0.2, -0.15) is 0 Å². The fourth-order valence-corrected chi connectivity index (χ4v) is 3.53. The van der Waals surface area contributed by atoms with Gasteiger partial charge in [0.05, 0.1) is 0 Å². The molecule has 1 aliphatic heterocycles. The Bertz CT molecular complexity index is 468. The number of amides is 1. The van der Waals surface area contributed by atoms with Crippen molar-refractivity contribution in [2.45, 2.75) is 40.0 Å². The normalized spacial score (nSPS) is 14.0. The molecule has 3 heteroatoms. The van der Waals surface area contributed by atoms with E-state index in [0.29, 0.717) is 0 Å². The molecule has 0 saturated heterocycles. The lowest BCUT2D eigenvalue weighted by atomic mass is 9.98. The van der Waals surface area contributed by atoms with Crippen LogP contribution in [0.2, 0.25) is 0 Å². The van der Waals surface area contributed by atoms with Gasteiger partial charge in [0.1, 0.15) is 0 Å². The molecule has 2 nitrogen and oxygen atoms in total. The van der Waals surface area contributed by atoms with Crippen molar-refractivity contribution in [2.75, 3.05) is 11.4 Å². The van der Waals surface area contributed by atoms with Crippen LogP contribution in [0.4, 0.5) is 5.69 Å². The molecular weight excluding hydrogens is 278 g/mol. The monoisotopic (exact) mass is 295 g/mol. The molecule has 0 unspecified atom stereocenters. The fourth-order valence-electron chi connectivity index (χ4n) is 2.61. The lowest BCUT2D eigenvalue weighted by Crippen LogP contribution is -2.25. The summed E-state index contributed by atoms with van der Waals surface area (Å²) in [7, 11) is 0. The van der Waals surface area contributed by atoms with Crippen LogP contribution in [0.5, 0.6) is 0 Å². The Morgan fingerprint density at radius 2 is 2.12 bits per heavy atom. The third kappa shape index (κ3) is 2.01. The van der Waals surface area contributed by atoms with E-state index in [1.54, 1.807) is 6.92 Å². The summed E-state index contributed by atoms with van der Waals surface area (Å²) in [5.41, 5.74) is 5.16. The highest BCUT2D eigenvalue weighted by molar-refractivity contribution is 9.10. The maximum Gasteiger partial charge on any atom is 0.223 e. The standard InChI is InChI=1S/C14H18BrNO/c1-4-10-8-13-12(11(5-2)14(10)15)6-7-16(13)9(3)17/h8H,4-7H2,1-3H3. The van der Waals surface area contributed by atoms with Crippen molar-refractivity contribution in [1.82, 2.24) is 0 Å². The van der Waals surface area contributed by atoms with Gasteiger partial charge in [0.25, 0.3) is 0 Å². The zero-order valence-electron chi connectivity index (χ0n) is 10.6. The van der Waals surface area contributed by atoms with Crippen LogP contribution in [-0.2, 0) is 24.1 Å². The molecule has 92 valence electrons. The van der Waals surface area contributed by atoms with Gasteiger partial charge in [-0.15, -0.1) is 0 Å². The molecule has 0 radical (unpaired) electrons. The van der Waals surface area contributed by atoms with Crippen molar-refractivity contribution in [3.63, 3.8) is 0 Å². The van der Waals surface area contributed by atoms with Crippen LogP contribution in [0.25, 0.3) is 0 Å². The maximum absolute atomic E-state index is 11.6. The second kappa shape index (κ2) is 4.81. The predicted molar refractivity (Wildman–Crippen MR) is 74.6 cm³/mol. The molecule has 1 aromatic rings. The second-order valence-electron chi connectivity index (χ2n) is 4.45. The topological polar surface area (TPSA) is 20.3 Å². The van der Waals surface area contributed by atoms with Crippen LogP contribution < -0.4 is 4.90 Å². The SMILES string of the molecule is CCc1cc2c(c(CC)c1Br)CCN2C(C)=O. The molecule has 1 aromatic carbocycles. The van der Waals surface area contributed by atoms with Crippen LogP contribution in [-0.4, -0.2) is 12.5 Å². The van der Waals surface area contributed by atoms with E-state index in [4.69, 9.17) is 0 Å². The quantitative estimate of drug-likeness (QED) is 0.818. The Hall–Kier alpha value is -0.830.